The maximum absolute atomic E-state index is 6.02. The topological polar surface area (TPSA) is 38.5 Å². The van der Waals surface area contributed by atoms with E-state index in [0.29, 0.717) is 6.04 Å². The van der Waals surface area contributed by atoms with E-state index in [0.717, 1.165) is 16.8 Å². The fourth-order valence-electron chi connectivity index (χ4n) is 2.14. The molecule has 1 saturated heterocycles. The molecule has 2 aliphatic rings. The minimum atomic E-state index is 0.119. The molecule has 1 unspecified atom stereocenters. The van der Waals surface area contributed by atoms with E-state index in [2.05, 4.69) is 35.0 Å². The SMILES string of the molecule is CCCN1CC(C2=C[I-]I=C(N)C=C2)OC[C@@H]1C. The molecule has 0 aromatic carbocycles. The van der Waals surface area contributed by atoms with Gasteiger partial charge in [0.1, 0.15) is 0 Å². The van der Waals surface area contributed by atoms with E-state index >= 15 is 0 Å². The van der Waals surface area contributed by atoms with Crippen LogP contribution in [0.3, 0.4) is 0 Å². The molecule has 0 bridgehead atoms. The van der Waals surface area contributed by atoms with Crippen molar-refractivity contribution in [2.75, 3.05) is 19.7 Å². The van der Waals surface area contributed by atoms with Crippen molar-refractivity contribution in [1.29, 1.82) is 0 Å². The van der Waals surface area contributed by atoms with Crippen molar-refractivity contribution in [1.82, 2.24) is 4.90 Å². The number of nitrogens with two attached hydrogens (primary N) is 1. The maximum atomic E-state index is 6.02. The van der Waals surface area contributed by atoms with Gasteiger partial charge in [-0.1, -0.05) is 0 Å². The van der Waals surface area contributed by atoms with Gasteiger partial charge in [0.25, 0.3) is 0 Å². The van der Waals surface area contributed by atoms with Crippen molar-refractivity contribution >= 4 is 20.4 Å². The molecule has 0 aromatic rings. The molecule has 18 heavy (non-hydrogen) atoms. The summed E-state index contributed by atoms with van der Waals surface area (Å²) >= 11 is 0.290. The first-order chi connectivity index (χ1) is 8.70. The average molecular weight is 475 g/mol. The van der Waals surface area contributed by atoms with Crippen LogP contribution in [0.5, 0.6) is 0 Å². The molecule has 3 nitrogen and oxygen atoms in total. The number of hydrogen-bond acceptors (Lipinski definition) is 3. The Balaban J connectivity index is 2.01. The minimum absolute atomic E-state index is 0.119. The summed E-state index contributed by atoms with van der Waals surface area (Å²) in [5, 5.41) is 0. The Hall–Kier alpha value is 0.690. The first kappa shape index (κ1) is 15.1. The zero-order chi connectivity index (χ0) is 13.0. The van der Waals surface area contributed by atoms with Gasteiger partial charge in [0.2, 0.25) is 0 Å². The van der Waals surface area contributed by atoms with E-state index in [9.17, 15) is 0 Å². The van der Waals surface area contributed by atoms with Crippen LogP contribution in [-0.4, -0.2) is 40.4 Å². The summed E-state index contributed by atoms with van der Waals surface area (Å²) in [6, 6.07) is 0.551. The summed E-state index contributed by atoms with van der Waals surface area (Å²) < 4.78 is 9.58. The second-order valence-corrected chi connectivity index (χ2v) is 13.3. The third-order valence-corrected chi connectivity index (χ3v) is 11.5. The Bertz CT molecular complexity index is 379. The molecular weight excluding hydrogens is 454 g/mol. The van der Waals surface area contributed by atoms with Crippen molar-refractivity contribution in [3.63, 3.8) is 0 Å². The summed E-state index contributed by atoms with van der Waals surface area (Å²) in [4.78, 5) is 2.55. The van der Waals surface area contributed by atoms with Crippen LogP contribution in [0, 0.1) is 0 Å². The summed E-state index contributed by atoms with van der Waals surface area (Å²) in [6.45, 7) is 7.56. The predicted octanol–water partition coefficient (Wildman–Crippen LogP) is -0.997. The van der Waals surface area contributed by atoms with Gasteiger partial charge < -0.3 is 0 Å². The molecule has 0 saturated carbocycles. The second-order valence-electron chi connectivity index (χ2n) is 4.65. The number of morpholine rings is 1. The molecule has 2 heterocycles. The zero-order valence-corrected chi connectivity index (χ0v) is 15.2. The third-order valence-electron chi connectivity index (χ3n) is 3.17. The van der Waals surface area contributed by atoms with Crippen LogP contribution in [0.4, 0.5) is 0 Å². The molecule has 104 valence electrons. The normalized spacial score (nSPS) is 30.6. The molecule has 5 heteroatoms. The number of rotatable bonds is 3. The number of halogens is 2. The molecule has 2 atom stereocenters. The number of ether oxygens (including phenoxy) is 1. The monoisotopic (exact) mass is 475 g/mol. The van der Waals surface area contributed by atoms with Gasteiger partial charge in [-0.3, -0.25) is 0 Å². The van der Waals surface area contributed by atoms with Gasteiger partial charge in [0.05, 0.1) is 0 Å². The molecular formula is C13H21I2N2O-. The fraction of sp³-hybridized carbons (Fsp3) is 0.615. The van der Waals surface area contributed by atoms with E-state index in [1.807, 2.05) is 0 Å². The van der Waals surface area contributed by atoms with E-state index in [1.54, 1.807) is 0 Å². The van der Waals surface area contributed by atoms with Gasteiger partial charge in [0.15, 0.2) is 0 Å². The zero-order valence-electron chi connectivity index (χ0n) is 10.9. The Labute approximate surface area is 126 Å². The standard InChI is InChI=1S/C13H21I2N2O/c1-3-6-17-8-12(18-9-10(17)2)11-4-5-13(16)15-14-7-11/h4-5,7,10,12H,3,6,8-9,16H2,1-2H3/q-1/t10-,12?/m0/s1. The van der Waals surface area contributed by atoms with Gasteiger partial charge in [-0.2, -0.15) is 0 Å². The van der Waals surface area contributed by atoms with Gasteiger partial charge in [-0.05, 0) is 0 Å². The number of hydrogen-bond donors (Lipinski definition) is 1. The Morgan fingerprint density at radius 1 is 1.56 bits per heavy atom. The molecule has 0 spiro atoms. The molecule has 0 aliphatic carbocycles. The van der Waals surface area contributed by atoms with Crippen molar-refractivity contribution in [2.45, 2.75) is 32.4 Å². The summed E-state index contributed by atoms with van der Waals surface area (Å²) in [5.74, 6) is 0. The first-order valence-corrected chi connectivity index (χ1v) is 15.0. The van der Waals surface area contributed by atoms with Crippen LogP contribution < -0.4 is 23.0 Å². The van der Waals surface area contributed by atoms with E-state index in [4.69, 9.17) is 10.5 Å². The van der Waals surface area contributed by atoms with Gasteiger partial charge in [-0.15, -0.1) is 0 Å². The van der Waals surface area contributed by atoms with Crippen LogP contribution in [-0.2, 0) is 4.74 Å². The van der Waals surface area contributed by atoms with Crippen LogP contribution >= 0.6 is 16.8 Å². The Morgan fingerprint density at radius 2 is 2.39 bits per heavy atom. The Kier molecular flexibility index (Phi) is 6.26. The summed E-state index contributed by atoms with van der Waals surface area (Å²) in [5.41, 5.74) is 7.32. The molecule has 1 fully saturated rings. The van der Waals surface area contributed by atoms with Crippen molar-refractivity contribution in [2.24, 2.45) is 5.73 Å². The molecule has 0 amide bonds. The van der Waals surface area contributed by atoms with E-state index < -0.39 is 0 Å². The van der Waals surface area contributed by atoms with Gasteiger partial charge >= 0.3 is 127 Å². The van der Waals surface area contributed by atoms with Gasteiger partial charge in [0, 0.05) is 0 Å². The number of nitrogens with zero attached hydrogens (tertiary/aromatic N) is 1. The van der Waals surface area contributed by atoms with Crippen LogP contribution in [0.2, 0.25) is 0 Å². The van der Waals surface area contributed by atoms with E-state index in [1.165, 1.54) is 18.5 Å². The first-order valence-electron chi connectivity index (χ1n) is 6.34. The van der Waals surface area contributed by atoms with Crippen molar-refractivity contribution in [3.8, 4) is 0 Å². The van der Waals surface area contributed by atoms with Crippen LogP contribution in [0.15, 0.2) is 21.8 Å². The fourth-order valence-corrected chi connectivity index (χ4v) is 9.07. The quantitative estimate of drug-likeness (QED) is 0.533. The van der Waals surface area contributed by atoms with Crippen LogP contribution in [0.25, 0.3) is 0 Å². The molecule has 2 rings (SSSR count). The second kappa shape index (κ2) is 7.47. The Morgan fingerprint density at radius 3 is 3.17 bits per heavy atom. The van der Waals surface area contributed by atoms with Gasteiger partial charge in [-0.25, -0.2) is 0 Å². The van der Waals surface area contributed by atoms with Crippen molar-refractivity contribution in [3.05, 3.63) is 21.8 Å². The third kappa shape index (κ3) is 4.09. The van der Waals surface area contributed by atoms with Crippen LogP contribution in [0.1, 0.15) is 20.3 Å². The predicted molar refractivity (Wildman–Crippen MR) is 81.5 cm³/mol. The molecule has 2 N–H and O–H groups in total. The van der Waals surface area contributed by atoms with E-state index in [-0.39, 0.29) is 40.1 Å². The molecule has 0 aromatic heterocycles. The average Bonchev–Trinajstić information content (AvgIpc) is 2.57. The summed E-state index contributed by atoms with van der Waals surface area (Å²) in [6.07, 6.45) is 5.77. The van der Waals surface area contributed by atoms with Crippen molar-refractivity contribution < 1.29 is 22.0 Å². The molecule has 0 radical (unpaired) electrons. The molecule has 2 aliphatic heterocycles. The summed E-state index contributed by atoms with van der Waals surface area (Å²) in [7, 11) is 0.